The Morgan fingerprint density at radius 2 is 1.85 bits per heavy atom. The minimum Gasteiger partial charge on any atom is -0.495 e. The second kappa shape index (κ2) is 7.65. The van der Waals surface area contributed by atoms with Crippen LogP contribution in [0.5, 0.6) is 5.75 Å². The molecule has 5 nitrogen and oxygen atoms in total. The first-order chi connectivity index (χ1) is 12.5. The van der Waals surface area contributed by atoms with Crippen LogP contribution in [0.4, 0.5) is 24.5 Å². The summed E-state index contributed by atoms with van der Waals surface area (Å²) in [6.45, 7) is 2.57. The van der Waals surface area contributed by atoms with Crippen LogP contribution >= 0.6 is 0 Å². The van der Waals surface area contributed by atoms with Gasteiger partial charge in [-0.2, -0.15) is 0 Å². The second-order valence-electron chi connectivity index (χ2n) is 5.66. The maximum Gasteiger partial charge on any atom is 0.258 e. The molecule has 1 fully saturated rings. The number of rotatable bonds is 4. The number of amides is 1. The molecule has 1 heterocycles. The number of anilines is 2. The molecule has 2 aromatic rings. The van der Waals surface area contributed by atoms with Crippen LogP contribution in [0, 0.1) is 17.5 Å². The number of methoxy groups -OCH3 is 1. The molecule has 1 aliphatic rings. The summed E-state index contributed by atoms with van der Waals surface area (Å²) in [5.74, 6) is -5.12. The van der Waals surface area contributed by atoms with Crippen molar-refractivity contribution in [3.05, 3.63) is 53.3 Å². The van der Waals surface area contributed by atoms with Gasteiger partial charge in [0.05, 0.1) is 31.6 Å². The molecule has 0 atom stereocenters. The number of carbonyl (C=O) groups is 1. The molecule has 1 amide bonds. The summed E-state index contributed by atoms with van der Waals surface area (Å²) in [5, 5.41) is 2.49. The highest BCUT2D eigenvalue weighted by Gasteiger charge is 2.20. The molecule has 1 N–H and O–H groups in total. The summed E-state index contributed by atoms with van der Waals surface area (Å²) < 4.78 is 50.8. The van der Waals surface area contributed by atoms with E-state index in [1.54, 1.807) is 12.1 Å². The number of morpholine rings is 1. The summed E-state index contributed by atoms with van der Waals surface area (Å²) in [4.78, 5) is 14.4. The molecule has 1 aliphatic heterocycles. The van der Waals surface area contributed by atoms with Gasteiger partial charge < -0.3 is 19.7 Å². The summed E-state index contributed by atoms with van der Waals surface area (Å²) in [5.41, 5.74) is 0.531. The van der Waals surface area contributed by atoms with Gasteiger partial charge in [0, 0.05) is 18.8 Å². The molecule has 1 saturated heterocycles. The first-order valence-corrected chi connectivity index (χ1v) is 7.97. The van der Waals surface area contributed by atoms with E-state index in [1.165, 1.54) is 7.11 Å². The van der Waals surface area contributed by atoms with Gasteiger partial charge in [0.15, 0.2) is 17.5 Å². The molecule has 0 radical (unpaired) electrons. The number of nitrogens with one attached hydrogen (secondary N) is 1. The van der Waals surface area contributed by atoms with Crippen LogP contribution in [0.3, 0.4) is 0 Å². The van der Waals surface area contributed by atoms with Crippen LogP contribution in [-0.2, 0) is 4.74 Å². The van der Waals surface area contributed by atoms with Crippen LogP contribution in [0.25, 0.3) is 0 Å². The first-order valence-electron chi connectivity index (χ1n) is 7.97. The largest absolute Gasteiger partial charge is 0.495 e. The fourth-order valence-corrected chi connectivity index (χ4v) is 2.70. The van der Waals surface area contributed by atoms with Gasteiger partial charge >= 0.3 is 0 Å². The zero-order chi connectivity index (χ0) is 18.7. The molecule has 26 heavy (non-hydrogen) atoms. The molecule has 0 bridgehead atoms. The smallest absolute Gasteiger partial charge is 0.258 e. The number of halogens is 3. The average molecular weight is 366 g/mol. The van der Waals surface area contributed by atoms with Gasteiger partial charge in [0.2, 0.25) is 0 Å². The van der Waals surface area contributed by atoms with Crippen molar-refractivity contribution in [3.8, 4) is 5.75 Å². The molecule has 138 valence electrons. The summed E-state index contributed by atoms with van der Waals surface area (Å²) in [6.07, 6.45) is 0. The molecule has 2 aromatic carbocycles. The molecule has 0 unspecified atom stereocenters. The number of benzene rings is 2. The van der Waals surface area contributed by atoms with Crippen LogP contribution in [0.15, 0.2) is 30.3 Å². The SMILES string of the molecule is COc1ccc(N2CCOCC2)cc1NC(=O)c1ccc(F)c(F)c1F. The third-order valence-electron chi connectivity index (χ3n) is 4.09. The number of ether oxygens (including phenoxy) is 2. The van der Waals surface area contributed by atoms with Crippen molar-refractivity contribution in [3.63, 3.8) is 0 Å². The zero-order valence-corrected chi connectivity index (χ0v) is 14.0. The predicted octanol–water partition coefficient (Wildman–Crippen LogP) is 3.20. The lowest BCUT2D eigenvalue weighted by Crippen LogP contribution is -2.36. The monoisotopic (exact) mass is 366 g/mol. The average Bonchev–Trinajstić information content (AvgIpc) is 2.66. The van der Waals surface area contributed by atoms with E-state index in [4.69, 9.17) is 9.47 Å². The number of hydrogen-bond acceptors (Lipinski definition) is 4. The topological polar surface area (TPSA) is 50.8 Å². The molecular weight excluding hydrogens is 349 g/mol. The van der Waals surface area contributed by atoms with E-state index in [0.717, 1.165) is 11.8 Å². The van der Waals surface area contributed by atoms with E-state index in [9.17, 15) is 18.0 Å². The third-order valence-corrected chi connectivity index (χ3v) is 4.09. The Balaban J connectivity index is 1.88. The molecule has 8 heteroatoms. The lowest BCUT2D eigenvalue weighted by molar-refractivity contribution is 0.102. The van der Waals surface area contributed by atoms with Gasteiger partial charge in [0.25, 0.3) is 5.91 Å². The lowest BCUT2D eigenvalue weighted by Gasteiger charge is -2.29. The fraction of sp³-hybridized carbons (Fsp3) is 0.278. The van der Waals surface area contributed by atoms with Crippen LogP contribution in [0.2, 0.25) is 0 Å². The fourth-order valence-electron chi connectivity index (χ4n) is 2.70. The molecule has 0 saturated carbocycles. The number of hydrogen-bond donors (Lipinski definition) is 1. The Morgan fingerprint density at radius 1 is 1.12 bits per heavy atom. The number of nitrogens with zero attached hydrogens (tertiary/aromatic N) is 1. The lowest BCUT2D eigenvalue weighted by atomic mass is 10.1. The molecule has 0 spiro atoms. The minimum atomic E-state index is -1.69. The summed E-state index contributed by atoms with van der Waals surface area (Å²) >= 11 is 0. The van der Waals surface area contributed by atoms with Crippen molar-refractivity contribution in [2.75, 3.05) is 43.6 Å². The van der Waals surface area contributed by atoms with Gasteiger partial charge in [-0.25, -0.2) is 13.2 Å². The quantitative estimate of drug-likeness (QED) is 0.845. The van der Waals surface area contributed by atoms with Gasteiger partial charge in [-0.3, -0.25) is 4.79 Å². The third kappa shape index (κ3) is 3.60. The summed E-state index contributed by atoms with van der Waals surface area (Å²) in [6, 6.07) is 6.77. The molecular formula is C18H17F3N2O3. The zero-order valence-electron chi connectivity index (χ0n) is 14.0. The van der Waals surface area contributed by atoms with E-state index in [2.05, 4.69) is 10.2 Å². The Bertz CT molecular complexity index is 824. The maximum absolute atomic E-state index is 13.8. The van der Waals surface area contributed by atoms with Gasteiger partial charge in [-0.15, -0.1) is 0 Å². The van der Waals surface area contributed by atoms with E-state index < -0.39 is 28.9 Å². The van der Waals surface area contributed by atoms with Crippen molar-refractivity contribution in [1.82, 2.24) is 0 Å². The maximum atomic E-state index is 13.8. The van der Waals surface area contributed by atoms with E-state index >= 15 is 0 Å². The standard InChI is InChI=1S/C18H17F3N2O3/c1-25-15-5-2-11(23-6-8-26-9-7-23)10-14(15)22-18(24)12-3-4-13(19)17(21)16(12)20/h2-5,10H,6-9H2,1H3,(H,22,24). The second-order valence-corrected chi connectivity index (χ2v) is 5.66. The predicted molar refractivity (Wildman–Crippen MR) is 90.3 cm³/mol. The Hall–Kier alpha value is -2.74. The molecule has 0 aromatic heterocycles. The normalized spacial score (nSPS) is 14.2. The number of carbonyl (C=O) groups excluding carboxylic acids is 1. The highest BCUT2D eigenvalue weighted by Crippen LogP contribution is 2.31. The Kier molecular flexibility index (Phi) is 5.32. The first kappa shape index (κ1) is 18.1. The molecule has 3 rings (SSSR count). The van der Waals surface area contributed by atoms with Crippen LogP contribution < -0.4 is 15.0 Å². The van der Waals surface area contributed by atoms with Gasteiger partial charge in [-0.05, 0) is 30.3 Å². The van der Waals surface area contributed by atoms with Gasteiger partial charge in [-0.1, -0.05) is 0 Å². The Labute approximate surface area is 148 Å². The summed E-state index contributed by atoms with van der Waals surface area (Å²) in [7, 11) is 1.43. The van der Waals surface area contributed by atoms with Crippen molar-refractivity contribution in [2.45, 2.75) is 0 Å². The van der Waals surface area contributed by atoms with E-state index in [1.807, 2.05) is 6.07 Å². The minimum absolute atomic E-state index is 0.297. The highest BCUT2D eigenvalue weighted by molar-refractivity contribution is 6.05. The van der Waals surface area contributed by atoms with Crippen LogP contribution in [-0.4, -0.2) is 39.3 Å². The van der Waals surface area contributed by atoms with Crippen molar-refractivity contribution >= 4 is 17.3 Å². The van der Waals surface area contributed by atoms with Crippen molar-refractivity contribution in [2.24, 2.45) is 0 Å². The van der Waals surface area contributed by atoms with Gasteiger partial charge in [0.1, 0.15) is 5.75 Å². The van der Waals surface area contributed by atoms with E-state index in [0.29, 0.717) is 43.8 Å². The van der Waals surface area contributed by atoms with Crippen molar-refractivity contribution in [1.29, 1.82) is 0 Å². The Morgan fingerprint density at radius 3 is 2.54 bits per heavy atom. The highest BCUT2D eigenvalue weighted by atomic mass is 19.2. The molecule has 0 aliphatic carbocycles. The van der Waals surface area contributed by atoms with Crippen molar-refractivity contribution < 1.29 is 27.4 Å². The van der Waals surface area contributed by atoms with E-state index in [-0.39, 0.29) is 0 Å². The van der Waals surface area contributed by atoms with Crippen LogP contribution in [0.1, 0.15) is 10.4 Å².